The van der Waals surface area contributed by atoms with E-state index >= 15 is 0 Å². The fraction of sp³-hybridized carbons (Fsp3) is 0.174. The molecule has 0 radical (unpaired) electrons. The third-order valence-corrected chi connectivity index (χ3v) is 6.99. The smallest absolute Gasteiger partial charge is 0.264 e. The van der Waals surface area contributed by atoms with Crippen LogP contribution in [0.5, 0.6) is 11.5 Å². The molecule has 0 aliphatic carbocycles. The first kappa shape index (κ1) is 24.3. The van der Waals surface area contributed by atoms with E-state index in [1.54, 1.807) is 30.3 Å². The first-order chi connectivity index (χ1) is 15.7. The lowest BCUT2D eigenvalue weighted by atomic mass is 10.3. The monoisotopic (exact) mass is 492 g/mol. The lowest BCUT2D eigenvalue weighted by Gasteiger charge is -2.27. The molecule has 3 rings (SSSR count). The highest BCUT2D eigenvalue weighted by Gasteiger charge is 2.30. The molecule has 0 aromatic heterocycles. The van der Waals surface area contributed by atoms with E-state index in [-0.39, 0.29) is 21.4 Å². The third kappa shape index (κ3) is 5.20. The molecule has 3 aromatic carbocycles. The van der Waals surface area contributed by atoms with Crippen molar-refractivity contribution < 1.29 is 27.1 Å². The van der Waals surface area contributed by atoms with Crippen LogP contribution in [0.3, 0.4) is 0 Å². The number of halogens is 2. The summed E-state index contributed by atoms with van der Waals surface area (Å²) >= 11 is 5.91. The number of carbonyl (C=O) groups excluding carboxylic acids is 1. The average Bonchev–Trinajstić information content (AvgIpc) is 2.83. The minimum atomic E-state index is -4.28. The molecule has 0 heterocycles. The molecule has 33 heavy (non-hydrogen) atoms. The van der Waals surface area contributed by atoms with E-state index in [9.17, 15) is 17.6 Å². The number of nitrogens with zero attached hydrogens (tertiary/aromatic N) is 2. The van der Waals surface area contributed by atoms with Crippen molar-refractivity contribution in [1.82, 2.24) is 0 Å². The molecule has 0 aliphatic rings. The number of carbonyl (C=O) groups is 1. The van der Waals surface area contributed by atoms with E-state index < -0.39 is 28.3 Å². The van der Waals surface area contributed by atoms with Crippen LogP contribution in [0.1, 0.15) is 0 Å². The summed E-state index contributed by atoms with van der Waals surface area (Å²) in [5.74, 6) is -0.682. The Morgan fingerprint density at radius 1 is 0.939 bits per heavy atom. The number of likely N-dealkylation sites (N-methyl/N-ethyl adjacent to an activating group) is 1. The molecule has 0 unspecified atom stereocenters. The lowest BCUT2D eigenvalue weighted by molar-refractivity contribution is -0.116. The summed E-state index contributed by atoms with van der Waals surface area (Å²) in [5, 5.41) is -0.274. The minimum absolute atomic E-state index is 0.0333. The highest BCUT2D eigenvalue weighted by Crippen LogP contribution is 2.33. The number of para-hydroxylation sites is 1. The van der Waals surface area contributed by atoms with Gasteiger partial charge in [-0.25, -0.2) is 12.8 Å². The SMILES string of the molecule is COc1ccc(S(=O)(=O)N(CC(=O)N(C)c2ccccc2)c2ccc(F)c(Cl)c2)cc1OC. The van der Waals surface area contributed by atoms with Crippen molar-refractivity contribution in [3.8, 4) is 11.5 Å². The van der Waals surface area contributed by atoms with Crippen molar-refractivity contribution in [2.24, 2.45) is 0 Å². The summed E-state index contributed by atoms with van der Waals surface area (Å²) < 4.78 is 52.3. The Morgan fingerprint density at radius 2 is 1.61 bits per heavy atom. The van der Waals surface area contributed by atoms with Crippen LogP contribution in [0.4, 0.5) is 15.8 Å². The van der Waals surface area contributed by atoms with Gasteiger partial charge in [0.2, 0.25) is 5.91 Å². The Hall–Kier alpha value is -3.30. The summed E-state index contributed by atoms with van der Waals surface area (Å²) in [6, 6.07) is 16.3. The van der Waals surface area contributed by atoms with E-state index in [0.717, 1.165) is 16.4 Å². The summed E-state index contributed by atoms with van der Waals surface area (Å²) in [7, 11) is 0.0619. The van der Waals surface area contributed by atoms with Crippen molar-refractivity contribution in [3.05, 3.63) is 77.6 Å². The fourth-order valence-corrected chi connectivity index (χ4v) is 4.68. The van der Waals surface area contributed by atoms with Crippen LogP contribution >= 0.6 is 11.6 Å². The van der Waals surface area contributed by atoms with Crippen molar-refractivity contribution in [1.29, 1.82) is 0 Å². The molecule has 0 saturated carbocycles. The molecule has 7 nitrogen and oxygen atoms in total. The second-order valence-electron chi connectivity index (χ2n) is 6.92. The van der Waals surface area contributed by atoms with Crippen molar-refractivity contribution >= 4 is 38.9 Å². The highest BCUT2D eigenvalue weighted by molar-refractivity contribution is 7.92. The Morgan fingerprint density at radius 3 is 2.21 bits per heavy atom. The molecule has 1 amide bonds. The molecule has 0 spiro atoms. The maximum absolute atomic E-state index is 13.8. The van der Waals surface area contributed by atoms with Gasteiger partial charge < -0.3 is 14.4 Å². The Labute approximate surface area is 197 Å². The molecule has 0 fully saturated rings. The van der Waals surface area contributed by atoms with Gasteiger partial charge in [0.05, 0.1) is 29.8 Å². The zero-order chi connectivity index (χ0) is 24.2. The van der Waals surface area contributed by atoms with E-state index in [0.29, 0.717) is 11.4 Å². The number of hydrogen-bond acceptors (Lipinski definition) is 5. The molecule has 0 bridgehead atoms. The predicted octanol–water partition coefficient (Wildman–Crippen LogP) is 4.35. The Balaban J connectivity index is 2.06. The molecule has 174 valence electrons. The van der Waals surface area contributed by atoms with Crippen LogP contribution in [-0.2, 0) is 14.8 Å². The van der Waals surface area contributed by atoms with Gasteiger partial charge in [-0.2, -0.15) is 0 Å². The van der Waals surface area contributed by atoms with Gasteiger partial charge in [0, 0.05) is 18.8 Å². The standard InChI is InChI=1S/C23H22ClFN2O5S/c1-26(16-7-5-4-6-8-16)23(28)15-27(17-9-11-20(25)19(24)13-17)33(29,30)18-10-12-21(31-2)22(14-18)32-3/h4-14H,15H2,1-3H3. The third-order valence-electron chi connectivity index (χ3n) is 4.93. The zero-order valence-corrected chi connectivity index (χ0v) is 19.7. The van der Waals surface area contributed by atoms with Gasteiger partial charge in [-0.1, -0.05) is 29.8 Å². The number of anilines is 2. The number of hydrogen-bond donors (Lipinski definition) is 0. The molecule has 0 N–H and O–H groups in total. The fourth-order valence-electron chi connectivity index (χ4n) is 3.08. The summed E-state index contributed by atoms with van der Waals surface area (Å²) in [6.45, 7) is -0.552. The van der Waals surface area contributed by atoms with E-state index in [4.69, 9.17) is 21.1 Å². The summed E-state index contributed by atoms with van der Waals surface area (Å²) in [4.78, 5) is 14.2. The molecule has 0 aliphatic heterocycles. The van der Waals surface area contributed by atoms with Crippen molar-refractivity contribution in [2.45, 2.75) is 4.90 Å². The van der Waals surface area contributed by atoms with Crippen LogP contribution in [0.15, 0.2) is 71.6 Å². The van der Waals surface area contributed by atoms with Crippen LogP contribution in [-0.4, -0.2) is 42.1 Å². The molecule has 3 aromatic rings. The van der Waals surface area contributed by atoms with E-state index in [2.05, 4.69) is 0 Å². The zero-order valence-electron chi connectivity index (χ0n) is 18.2. The quantitative estimate of drug-likeness (QED) is 0.467. The molecule has 0 saturated heterocycles. The maximum atomic E-state index is 13.8. The molecular formula is C23H22ClFN2O5S. The number of sulfonamides is 1. The number of amides is 1. The number of methoxy groups -OCH3 is 2. The number of ether oxygens (including phenoxy) is 2. The Kier molecular flexibility index (Phi) is 7.45. The number of benzene rings is 3. The Bertz CT molecular complexity index is 1250. The minimum Gasteiger partial charge on any atom is -0.493 e. The predicted molar refractivity (Wildman–Crippen MR) is 125 cm³/mol. The second kappa shape index (κ2) is 10.1. The van der Waals surface area contributed by atoms with Crippen LogP contribution in [0.25, 0.3) is 0 Å². The maximum Gasteiger partial charge on any atom is 0.264 e. The highest BCUT2D eigenvalue weighted by atomic mass is 35.5. The van der Waals surface area contributed by atoms with Crippen molar-refractivity contribution in [2.75, 3.05) is 37.0 Å². The molecule has 0 atom stereocenters. The van der Waals surface area contributed by atoms with Gasteiger partial charge in [0.15, 0.2) is 11.5 Å². The second-order valence-corrected chi connectivity index (χ2v) is 9.18. The van der Waals surface area contributed by atoms with Gasteiger partial charge in [0.25, 0.3) is 10.0 Å². The largest absolute Gasteiger partial charge is 0.493 e. The van der Waals surface area contributed by atoms with Gasteiger partial charge in [-0.3, -0.25) is 9.10 Å². The number of rotatable bonds is 8. The average molecular weight is 493 g/mol. The van der Waals surface area contributed by atoms with Crippen LogP contribution in [0.2, 0.25) is 5.02 Å². The first-order valence-electron chi connectivity index (χ1n) is 9.70. The van der Waals surface area contributed by atoms with Gasteiger partial charge in [-0.05, 0) is 42.5 Å². The lowest BCUT2D eigenvalue weighted by Crippen LogP contribution is -2.41. The normalized spacial score (nSPS) is 11.1. The van der Waals surface area contributed by atoms with Crippen molar-refractivity contribution in [3.63, 3.8) is 0 Å². The van der Waals surface area contributed by atoms with Crippen LogP contribution in [0, 0.1) is 5.82 Å². The van der Waals surface area contributed by atoms with E-state index in [1.807, 2.05) is 0 Å². The molecular weight excluding hydrogens is 471 g/mol. The van der Waals surface area contributed by atoms with Gasteiger partial charge in [-0.15, -0.1) is 0 Å². The topological polar surface area (TPSA) is 76.2 Å². The summed E-state index contributed by atoms with van der Waals surface area (Å²) in [6.07, 6.45) is 0. The van der Waals surface area contributed by atoms with Crippen LogP contribution < -0.4 is 18.7 Å². The van der Waals surface area contributed by atoms with Gasteiger partial charge in [0.1, 0.15) is 12.4 Å². The van der Waals surface area contributed by atoms with E-state index in [1.165, 1.54) is 50.4 Å². The first-order valence-corrected chi connectivity index (χ1v) is 11.5. The van der Waals surface area contributed by atoms with Gasteiger partial charge >= 0.3 is 0 Å². The molecule has 10 heteroatoms. The summed E-state index contributed by atoms with van der Waals surface area (Å²) in [5.41, 5.74) is 0.620.